The summed E-state index contributed by atoms with van der Waals surface area (Å²) >= 11 is 0. The molecule has 1 atom stereocenters. The minimum atomic E-state index is -0.731. The van der Waals surface area contributed by atoms with Gasteiger partial charge in [-0.3, -0.25) is 4.79 Å². The number of hydrogen-bond donors (Lipinski definition) is 1. The Hall–Kier alpha value is -2.76. The van der Waals surface area contributed by atoms with Gasteiger partial charge in [-0.2, -0.15) is 0 Å². The van der Waals surface area contributed by atoms with Gasteiger partial charge < -0.3 is 10.2 Å². The van der Waals surface area contributed by atoms with Crippen LogP contribution in [0.15, 0.2) is 53.8 Å². The number of rotatable bonds is 3. The van der Waals surface area contributed by atoms with Crippen molar-refractivity contribution >= 4 is 17.4 Å². The minimum Gasteiger partial charge on any atom is -0.382 e. The predicted octanol–water partition coefficient (Wildman–Crippen LogP) is 2.35. The Morgan fingerprint density at radius 2 is 2.19 bits per heavy atom. The van der Waals surface area contributed by atoms with Crippen LogP contribution in [0.1, 0.15) is 12.0 Å². The van der Waals surface area contributed by atoms with E-state index in [0.29, 0.717) is 23.5 Å². The number of halogens is 1. The zero-order valence-corrected chi connectivity index (χ0v) is 11.0. The second kappa shape index (κ2) is 5.70. The molecule has 0 radical (unpaired) electrons. The largest absolute Gasteiger partial charge is 0.382 e. The van der Waals surface area contributed by atoms with E-state index in [2.05, 4.69) is 15.5 Å². The summed E-state index contributed by atoms with van der Waals surface area (Å²) in [5.41, 5.74) is 1.17. The molecule has 1 amide bonds. The molecule has 0 saturated heterocycles. The van der Waals surface area contributed by atoms with Gasteiger partial charge in [-0.25, -0.2) is 9.37 Å². The summed E-state index contributed by atoms with van der Waals surface area (Å²) in [6, 6.07) is 11.2. The van der Waals surface area contributed by atoms with Crippen molar-refractivity contribution in [3.8, 4) is 0 Å². The number of carbonyl (C=O) groups is 1. The smallest absolute Gasteiger partial charge is 0.269 e. The quantitative estimate of drug-likeness (QED) is 0.941. The van der Waals surface area contributed by atoms with Crippen molar-refractivity contribution in [1.82, 2.24) is 4.98 Å². The average Bonchev–Trinajstić information content (AvgIpc) is 2.98. The predicted molar refractivity (Wildman–Crippen MR) is 75.3 cm³/mol. The third-order valence-corrected chi connectivity index (χ3v) is 3.04. The molecule has 3 rings (SSSR count). The van der Waals surface area contributed by atoms with Crippen molar-refractivity contribution in [3.63, 3.8) is 0 Å². The lowest BCUT2D eigenvalue weighted by molar-refractivity contribution is -0.125. The number of oxime groups is 1. The van der Waals surface area contributed by atoms with E-state index in [4.69, 9.17) is 4.84 Å². The first-order valence-electron chi connectivity index (χ1n) is 6.43. The average molecular weight is 285 g/mol. The second-order valence-corrected chi connectivity index (χ2v) is 4.55. The molecule has 1 aromatic heterocycles. The number of aromatic nitrogens is 1. The summed E-state index contributed by atoms with van der Waals surface area (Å²) in [6.07, 6.45) is 1.15. The van der Waals surface area contributed by atoms with Crippen LogP contribution >= 0.6 is 0 Å². The van der Waals surface area contributed by atoms with Crippen LogP contribution in [0.2, 0.25) is 0 Å². The molecule has 0 bridgehead atoms. The fourth-order valence-electron chi connectivity index (χ4n) is 2.00. The van der Waals surface area contributed by atoms with Crippen molar-refractivity contribution in [2.75, 3.05) is 5.32 Å². The normalized spacial score (nSPS) is 17.0. The molecule has 0 saturated carbocycles. The topological polar surface area (TPSA) is 63.6 Å². The number of nitrogens with one attached hydrogen (secondary N) is 1. The Balaban J connectivity index is 1.65. The Morgan fingerprint density at radius 3 is 2.95 bits per heavy atom. The van der Waals surface area contributed by atoms with E-state index >= 15 is 0 Å². The van der Waals surface area contributed by atoms with E-state index in [1.54, 1.807) is 36.5 Å². The molecule has 5 nitrogen and oxygen atoms in total. The number of nitrogens with zero attached hydrogens (tertiary/aromatic N) is 2. The first-order valence-corrected chi connectivity index (χ1v) is 6.43. The van der Waals surface area contributed by atoms with Gasteiger partial charge in [-0.15, -0.1) is 0 Å². The maximum Gasteiger partial charge on any atom is 0.269 e. The maximum absolute atomic E-state index is 13.2. The molecule has 21 heavy (non-hydrogen) atoms. The van der Waals surface area contributed by atoms with Crippen molar-refractivity contribution in [2.24, 2.45) is 5.16 Å². The van der Waals surface area contributed by atoms with Crippen LogP contribution < -0.4 is 5.32 Å². The number of carbonyl (C=O) groups excluding carboxylic acids is 1. The van der Waals surface area contributed by atoms with Gasteiger partial charge in [0, 0.05) is 18.2 Å². The summed E-state index contributed by atoms with van der Waals surface area (Å²) < 4.78 is 13.2. The van der Waals surface area contributed by atoms with E-state index < -0.39 is 6.10 Å². The van der Waals surface area contributed by atoms with Gasteiger partial charge in [0.2, 0.25) is 6.10 Å². The van der Waals surface area contributed by atoms with Crippen LogP contribution in [-0.4, -0.2) is 22.7 Å². The molecule has 0 fully saturated rings. The lowest BCUT2D eigenvalue weighted by Gasteiger charge is -2.08. The second-order valence-electron chi connectivity index (χ2n) is 4.55. The van der Waals surface area contributed by atoms with Crippen LogP contribution in [0.25, 0.3) is 0 Å². The van der Waals surface area contributed by atoms with Gasteiger partial charge >= 0.3 is 0 Å². The van der Waals surface area contributed by atoms with Gasteiger partial charge in [0.1, 0.15) is 11.6 Å². The lowest BCUT2D eigenvalue weighted by Crippen LogP contribution is -2.28. The Bertz CT molecular complexity index is 688. The molecule has 106 valence electrons. The summed E-state index contributed by atoms with van der Waals surface area (Å²) in [7, 11) is 0. The third kappa shape index (κ3) is 3.05. The molecule has 2 aromatic rings. The van der Waals surface area contributed by atoms with E-state index in [-0.39, 0.29) is 11.7 Å². The van der Waals surface area contributed by atoms with Crippen LogP contribution in [0, 0.1) is 5.82 Å². The monoisotopic (exact) mass is 285 g/mol. The molecule has 1 aliphatic heterocycles. The highest BCUT2D eigenvalue weighted by Gasteiger charge is 2.29. The van der Waals surface area contributed by atoms with E-state index in [9.17, 15) is 9.18 Å². The molecule has 6 heteroatoms. The number of hydrogen-bond acceptors (Lipinski definition) is 4. The first kappa shape index (κ1) is 13.2. The molecule has 2 heterocycles. The summed E-state index contributed by atoms with van der Waals surface area (Å²) in [4.78, 5) is 21.2. The van der Waals surface area contributed by atoms with Gasteiger partial charge in [0.05, 0.1) is 5.71 Å². The van der Waals surface area contributed by atoms with Gasteiger partial charge in [0.25, 0.3) is 5.91 Å². The highest BCUT2D eigenvalue weighted by Crippen LogP contribution is 2.18. The SMILES string of the molecule is O=C(Nc1ccccn1)[C@@H]1CC(c2cccc(F)c2)=NO1. The highest BCUT2D eigenvalue weighted by atomic mass is 19.1. The van der Waals surface area contributed by atoms with Crippen molar-refractivity contribution in [3.05, 3.63) is 60.0 Å². The van der Waals surface area contributed by atoms with Crippen molar-refractivity contribution in [2.45, 2.75) is 12.5 Å². The Morgan fingerprint density at radius 1 is 1.29 bits per heavy atom. The Kier molecular flexibility index (Phi) is 3.59. The standard InChI is InChI=1S/C15H12FN3O2/c16-11-5-3-4-10(8-11)12-9-13(21-19-12)15(20)18-14-6-1-2-7-17-14/h1-8,13H,9H2,(H,17,18,20)/t13-/m0/s1. The number of benzene rings is 1. The van der Waals surface area contributed by atoms with Crippen LogP contribution in [-0.2, 0) is 9.63 Å². The van der Waals surface area contributed by atoms with Crippen molar-refractivity contribution < 1.29 is 14.0 Å². The van der Waals surface area contributed by atoms with Crippen LogP contribution in [0.5, 0.6) is 0 Å². The number of pyridine rings is 1. The van der Waals surface area contributed by atoms with Gasteiger partial charge in [-0.1, -0.05) is 23.4 Å². The molecule has 0 aliphatic carbocycles. The lowest BCUT2D eigenvalue weighted by atomic mass is 10.0. The molecule has 1 N–H and O–H groups in total. The van der Waals surface area contributed by atoms with E-state index in [0.717, 1.165) is 0 Å². The summed E-state index contributed by atoms with van der Waals surface area (Å²) in [5, 5.41) is 6.50. The fourth-order valence-corrected chi connectivity index (χ4v) is 2.00. The Labute approximate surface area is 120 Å². The maximum atomic E-state index is 13.2. The van der Waals surface area contributed by atoms with E-state index in [1.807, 2.05) is 0 Å². The molecular formula is C15H12FN3O2. The first-order chi connectivity index (χ1) is 10.2. The third-order valence-electron chi connectivity index (χ3n) is 3.04. The minimum absolute atomic E-state index is 0.294. The van der Waals surface area contributed by atoms with Crippen molar-refractivity contribution in [1.29, 1.82) is 0 Å². The highest BCUT2D eigenvalue weighted by molar-refractivity contribution is 6.05. The van der Waals surface area contributed by atoms with Crippen LogP contribution in [0.3, 0.4) is 0 Å². The van der Waals surface area contributed by atoms with E-state index in [1.165, 1.54) is 12.1 Å². The van der Waals surface area contributed by atoms with Gasteiger partial charge in [-0.05, 0) is 24.3 Å². The number of anilines is 1. The summed E-state index contributed by atoms with van der Waals surface area (Å²) in [6.45, 7) is 0. The van der Waals surface area contributed by atoms with Gasteiger partial charge in [0.15, 0.2) is 0 Å². The van der Waals surface area contributed by atoms with Crippen LogP contribution in [0.4, 0.5) is 10.2 Å². The zero-order valence-electron chi connectivity index (χ0n) is 11.0. The molecule has 0 unspecified atom stereocenters. The fraction of sp³-hybridized carbons (Fsp3) is 0.133. The molecule has 0 spiro atoms. The zero-order chi connectivity index (χ0) is 14.7. The molecule has 1 aromatic carbocycles. The summed E-state index contributed by atoms with van der Waals surface area (Å²) in [5.74, 6) is -0.231. The number of amides is 1. The molecular weight excluding hydrogens is 273 g/mol. The molecule has 1 aliphatic rings.